The monoisotopic (exact) mass is 182 g/mol. The summed E-state index contributed by atoms with van der Waals surface area (Å²) in [5.41, 5.74) is 0.580. The Labute approximate surface area is 74.4 Å². The molecule has 0 aromatic heterocycles. The normalized spacial score (nSPS) is 20.5. The zero-order valence-electron chi connectivity index (χ0n) is 7.10. The number of carbonyl (C=O) groups excluding carboxylic acids is 1. The summed E-state index contributed by atoms with van der Waals surface area (Å²) in [4.78, 5) is 11.3. The first kappa shape index (κ1) is 8.35. The highest BCUT2D eigenvalue weighted by Gasteiger charge is 2.30. The molecule has 0 radical (unpaired) electrons. The number of rotatable bonds is 0. The molecule has 0 saturated heterocycles. The van der Waals surface area contributed by atoms with Crippen LogP contribution in [0.3, 0.4) is 0 Å². The van der Waals surface area contributed by atoms with E-state index in [4.69, 9.17) is 0 Å². The molecule has 1 nitrogen and oxygen atoms in total. The summed E-state index contributed by atoms with van der Waals surface area (Å²) in [6.07, 6.45) is 0.287. The quantitative estimate of drug-likeness (QED) is 0.602. The molecule has 68 valence electrons. The van der Waals surface area contributed by atoms with E-state index in [1.807, 2.05) is 0 Å². The fourth-order valence-electron chi connectivity index (χ4n) is 1.78. The molecule has 1 unspecified atom stereocenters. The van der Waals surface area contributed by atoms with Gasteiger partial charge in [0, 0.05) is 17.5 Å². The van der Waals surface area contributed by atoms with Crippen LogP contribution in [0.2, 0.25) is 0 Å². The first-order valence-corrected chi connectivity index (χ1v) is 4.12. The van der Waals surface area contributed by atoms with E-state index in [2.05, 4.69) is 0 Å². The topological polar surface area (TPSA) is 17.1 Å². The van der Waals surface area contributed by atoms with Gasteiger partial charge in [0.2, 0.25) is 0 Å². The molecular formula is C10H8F2O. The molecular weight excluding hydrogens is 174 g/mol. The standard InChI is InChI=1S/C10H8F2O/c1-5-4-8(13)6-2-3-7(11)10(12)9(5)6/h2-3,5H,4H2,1H3. The summed E-state index contributed by atoms with van der Waals surface area (Å²) in [7, 11) is 0. The largest absolute Gasteiger partial charge is 0.294 e. The number of ketones is 1. The Kier molecular flexibility index (Phi) is 1.68. The minimum Gasteiger partial charge on any atom is -0.294 e. The maximum atomic E-state index is 13.2. The summed E-state index contributed by atoms with van der Waals surface area (Å²) in [6, 6.07) is 2.36. The van der Waals surface area contributed by atoms with Crippen LogP contribution in [-0.4, -0.2) is 5.78 Å². The molecule has 0 fully saturated rings. The van der Waals surface area contributed by atoms with Gasteiger partial charge in [-0.05, 0) is 18.1 Å². The van der Waals surface area contributed by atoms with E-state index in [-0.39, 0.29) is 23.7 Å². The van der Waals surface area contributed by atoms with Crippen LogP contribution in [0.5, 0.6) is 0 Å². The van der Waals surface area contributed by atoms with Gasteiger partial charge < -0.3 is 0 Å². The lowest BCUT2D eigenvalue weighted by atomic mass is 10.0. The molecule has 0 bridgehead atoms. The Morgan fingerprint density at radius 1 is 1.38 bits per heavy atom. The SMILES string of the molecule is CC1CC(=O)c2ccc(F)c(F)c21. The van der Waals surface area contributed by atoms with Crippen LogP contribution in [-0.2, 0) is 0 Å². The number of hydrogen-bond acceptors (Lipinski definition) is 1. The van der Waals surface area contributed by atoms with E-state index in [9.17, 15) is 13.6 Å². The second kappa shape index (κ2) is 2.62. The summed E-state index contributed by atoms with van der Waals surface area (Å²) in [6.45, 7) is 1.73. The van der Waals surface area contributed by atoms with Crippen molar-refractivity contribution < 1.29 is 13.6 Å². The molecule has 0 aliphatic heterocycles. The smallest absolute Gasteiger partial charge is 0.163 e. The Morgan fingerprint density at radius 3 is 2.77 bits per heavy atom. The first-order valence-electron chi connectivity index (χ1n) is 4.12. The molecule has 1 aliphatic carbocycles. The van der Waals surface area contributed by atoms with Gasteiger partial charge in [0.05, 0.1) is 0 Å². The molecule has 3 heteroatoms. The lowest BCUT2D eigenvalue weighted by Crippen LogP contribution is -1.96. The van der Waals surface area contributed by atoms with E-state index in [1.165, 1.54) is 6.07 Å². The zero-order chi connectivity index (χ0) is 9.59. The van der Waals surface area contributed by atoms with Gasteiger partial charge in [-0.15, -0.1) is 0 Å². The lowest BCUT2D eigenvalue weighted by molar-refractivity contribution is 0.0990. The summed E-state index contributed by atoms with van der Waals surface area (Å²) in [5, 5.41) is 0. The maximum absolute atomic E-state index is 13.2. The first-order chi connectivity index (χ1) is 6.11. The third-order valence-electron chi connectivity index (χ3n) is 2.42. The van der Waals surface area contributed by atoms with E-state index in [1.54, 1.807) is 6.92 Å². The fourth-order valence-corrected chi connectivity index (χ4v) is 1.78. The zero-order valence-corrected chi connectivity index (χ0v) is 7.10. The van der Waals surface area contributed by atoms with Crippen molar-refractivity contribution >= 4 is 5.78 Å². The molecule has 0 saturated carbocycles. The fraction of sp³-hybridized carbons (Fsp3) is 0.300. The van der Waals surface area contributed by atoms with Gasteiger partial charge in [-0.2, -0.15) is 0 Å². The number of halogens is 2. The Balaban J connectivity index is 2.70. The highest BCUT2D eigenvalue weighted by molar-refractivity contribution is 6.01. The van der Waals surface area contributed by atoms with Crippen molar-refractivity contribution in [3.63, 3.8) is 0 Å². The molecule has 0 N–H and O–H groups in total. The van der Waals surface area contributed by atoms with Crippen molar-refractivity contribution in [3.05, 3.63) is 34.9 Å². The van der Waals surface area contributed by atoms with Crippen LogP contribution in [0.25, 0.3) is 0 Å². The highest BCUT2D eigenvalue weighted by atomic mass is 19.2. The van der Waals surface area contributed by atoms with Crippen molar-refractivity contribution in [2.45, 2.75) is 19.3 Å². The highest BCUT2D eigenvalue weighted by Crippen LogP contribution is 2.35. The van der Waals surface area contributed by atoms with E-state index in [0.717, 1.165) is 6.07 Å². The molecule has 1 aromatic rings. The summed E-state index contributed by atoms with van der Waals surface area (Å²) < 4.78 is 26.0. The van der Waals surface area contributed by atoms with Gasteiger partial charge in [-0.25, -0.2) is 8.78 Å². The third kappa shape index (κ3) is 1.07. The minimum absolute atomic E-state index is 0.0959. The lowest BCUT2D eigenvalue weighted by Gasteiger charge is -2.04. The molecule has 0 amide bonds. The van der Waals surface area contributed by atoms with Crippen molar-refractivity contribution in [2.24, 2.45) is 0 Å². The Morgan fingerprint density at radius 2 is 2.08 bits per heavy atom. The van der Waals surface area contributed by atoms with Crippen molar-refractivity contribution in [2.75, 3.05) is 0 Å². The summed E-state index contributed by atoms with van der Waals surface area (Å²) >= 11 is 0. The minimum atomic E-state index is -0.875. The number of hydrogen-bond donors (Lipinski definition) is 0. The number of benzene rings is 1. The molecule has 1 aliphatic rings. The maximum Gasteiger partial charge on any atom is 0.163 e. The molecule has 1 atom stereocenters. The number of fused-ring (bicyclic) bond motifs is 1. The second-order valence-electron chi connectivity index (χ2n) is 3.35. The van der Waals surface area contributed by atoms with Crippen LogP contribution in [0.1, 0.15) is 35.2 Å². The van der Waals surface area contributed by atoms with Crippen LogP contribution in [0.4, 0.5) is 8.78 Å². The Hall–Kier alpha value is -1.25. The van der Waals surface area contributed by atoms with E-state index < -0.39 is 11.6 Å². The van der Waals surface area contributed by atoms with Gasteiger partial charge >= 0.3 is 0 Å². The number of Topliss-reactive ketones (excluding diaryl/α,β-unsaturated/α-hetero) is 1. The average molecular weight is 182 g/mol. The van der Waals surface area contributed by atoms with Gasteiger partial charge in [-0.1, -0.05) is 6.92 Å². The third-order valence-corrected chi connectivity index (χ3v) is 2.42. The Bertz CT molecular complexity index is 385. The molecule has 0 spiro atoms. The van der Waals surface area contributed by atoms with Crippen LogP contribution >= 0.6 is 0 Å². The van der Waals surface area contributed by atoms with Crippen molar-refractivity contribution in [3.8, 4) is 0 Å². The van der Waals surface area contributed by atoms with Gasteiger partial charge in [-0.3, -0.25) is 4.79 Å². The van der Waals surface area contributed by atoms with Crippen molar-refractivity contribution in [1.82, 2.24) is 0 Å². The predicted molar refractivity (Wildman–Crippen MR) is 43.7 cm³/mol. The number of carbonyl (C=O) groups is 1. The molecule has 0 heterocycles. The van der Waals surface area contributed by atoms with Gasteiger partial charge in [0.25, 0.3) is 0 Å². The van der Waals surface area contributed by atoms with E-state index >= 15 is 0 Å². The van der Waals surface area contributed by atoms with E-state index in [0.29, 0.717) is 5.56 Å². The predicted octanol–water partition coefficient (Wildman–Crippen LogP) is 2.65. The molecule has 1 aromatic carbocycles. The van der Waals surface area contributed by atoms with Crippen LogP contribution in [0, 0.1) is 11.6 Å². The molecule has 2 rings (SSSR count). The van der Waals surface area contributed by atoms with Gasteiger partial charge in [0.1, 0.15) is 0 Å². The van der Waals surface area contributed by atoms with Crippen LogP contribution in [0.15, 0.2) is 12.1 Å². The van der Waals surface area contributed by atoms with Gasteiger partial charge in [0.15, 0.2) is 17.4 Å². The van der Waals surface area contributed by atoms with Crippen molar-refractivity contribution in [1.29, 1.82) is 0 Å². The summed E-state index contributed by atoms with van der Waals surface area (Å²) in [5.74, 6) is -2.03. The molecule has 13 heavy (non-hydrogen) atoms. The second-order valence-corrected chi connectivity index (χ2v) is 3.35. The van der Waals surface area contributed by atoms with Crippen LogP contribution < -0.4 is 0 Å². The average Bonchev–Trinajstić information content (AvgIpc) is 2.35.